The first-order chi connectivity index (χ1) is 6.92. The van der Waals surface area contributed by atoms with Gasteiger partial charge in [-0.3, -0.25) is 9.59 Å². The molecule has 0 radical (unpaired) electrons. The molecule has 2 aliphatic rings. The molecule has 0 aromatic rings. The van der Waals surface area contributed by atoms with Crippen LogP contribution in [-0.2, 0) is 9.59 Å². The lowest BCUT2D eigenvalue weighted by Crippen LogP contribution is -2.44. The summed E-state index contributed by atoms with van der Waals surface area (Å²) < 4.78 is -0.140. The fraction of sp³-hybridized carbons (Fsp3) is 0.800. The average molecular weight is 229 g/mol. The second kappa shape index (κ2) is 3.40. The Hall–Kier alpha value is -0.710. The molecule has 5 heteroatoms. The van der Waals surface area contributed by atoms with Gasteiger partial charge in [0.25, 0.3) is 0 Å². The minimum atomic E-state index is -0.825. The van der Waals surface area contributed by atoms with Crippen LogP contribution in [0.5, 0.6) is 0 Å². The van der Waals surface area contributed by atoms with Crippen LogP contribution in [0.3, 0.4) is 0 Å². The van der Waals surface area contributed by atoms with Crippen molar-refractivity contribution in [3.05, 3.63) is 0 Å². The van der Waals surface area contributed by atoms with Crippen LogP contribution in [0.4, 0.5) is 0 Å². The number of carbonyl (C=O) groups is 2. The van der Waals surface area contributed by atoms with Crippen molar-refractivity contribution in [1.82, 2.24) is 4.90 Å². The van der Waals surface area contributed by atoms with E-state index >= 15 is 0 Å². The van der Waals surface area contributed by atoms with E-state index in [2.05, 4.69) is 0 Å². The lowest BCUT2D eigenvalue weighted by Gasteiger charge is -2.29. The maximum Gasteiger partial charge on any atom is 0.305 e. The molecule has 1 amide bonds. The molecule has 2 heterocycles. The van der Waals surface area contributed by atoms with Gasteiger partial charge in [-0.25, -0.2) is 0 Å². The lowest BCUT2D eigenvalue weighted by molar-refractivity contribution is -0.140. The number of aliphatic carboxylic acids is 1. The first-order valence-electron chi connectivity index (χ1n) is 5.12. The number of nitrogens with zero attached hydrogens (tertiary/aromatic N) is 1. The van der Waals surface area contributed by atoms with E-state index in [9.17, 15) is 9.59 Å². The molecule has 15 heavy (non-hydrogen) atoms. The summed E-state index contributed by atoms with van der Waals surface area (Å²) in [5.74, 6) is -0.710. The van der Waals surface area contributed by atoms with Crippen LogP contribution in [0.25, 0.3) is 0 Å². The normalized spacial score (nSPS) is 33.2. The molecule has 2 atom stereocenters. The molecule has 2 rings (SSSR count). The molecule has 1 N–H and O–H groups in total. The Morgan fingerprint density at radius 1 is 1.67 bits per heavy atom. The van der Waals surface area contributed by atoms with Gasteiger partial charge in [-0.05, 0) is 20.3 Å². The minimum Gasteiger partial charge on any atom is -0.481 e. The van der Waals surface area contributed by atoms with Gasteiger partial charge >= 0.3 is 5.97 Å². The zero-order chi connectivity index (χ0) is 11.2. The zero-order valence-corrected chi connectivity index (χ0v) is 9.71. The van der Waals surface area contributed by atoms with Crippen molar-refractivity contribution in [2.45, 2.75) is 49.3 Å². The van der Waals surface area contributed by atoms with Gasteiger partial charge in [0.05, 0.1) is 17.8 Å². The van der Waals surface area contributed by atoms with Crippen molar-refractivity contribution >= 4 is 23.6 Å². The van der Waals surface area contributed by atoms with Gasteiger partial charge in [-0.1, -0.05) is 0 Å². The highest BCUT2D eigenvalue weighted by Gasteiger charge is 2.52. The van der Waals surface area contributed by atoms with Crippen molar-refractivity contribution in [1.29, 1.82) is 0 Å². The van der Waals surface area contributed by atoms with E-state index in [0.717, 1.165) is 6.42 Å². The van der Waals surface area contributed by atoms with Gasteiger partial charge in [0.1, 0.15) is 0 Å². The highest BCUT2D eigenvalue weighted by atomic mass is 32.2. The third-order valence-corrected chi connectivity index (χ3v) is 4.76. The van der Waals surface area contributed by atoms with Gasteiger partial charge in [-0.2, -0.15) is 0 Å². The van der Waals surface area contributed by atoms with Crippen molar-refractivity contribution in [3.8, 4) is 0 Å². The van der Waals surface area contributed by atoms with E-state index in [1.54, 1.807) is 16.7 Å². The summed E-state index contributed by atoms with van der Waals surface area (Å²) in [6.07, 6.45) is 1.50. The summed E-state index contributed by atoms with van der Waals surface area (Å²) in [4.78, 5) is 24.2. The number of thioether (sulfide) groups is 1. The zero-order valence-electron chi connectivity index (χ0n) is 8.90. The van der Waals surface area contributed by atoms with Crippen LogP contribution < -0.4 is 0 Å². The fourth-order valence-corrected chi connectivity index (χ4v) is 4.11. The summed E-state index contributed by atoms with van der Waals surface area (Å²) in [6.45, 7) is 4.05. The molecule has 2 aliphatic heterocycles. The monoisotopic (exact) mass is 229 g/mol. The number of carboxylic acid groups (broad SMARTS) is 1. The Labute approximate surface area is 93.0 Å². The molecule has 0 aliphatic carbocycles. The molecule has 2 unspecified atom stereocenters. The number of hydrogen-bond acceptors (Lipinski definition) is 3. The summed E-state index contributed by atoms with van der Waals surface area (Å²) in [6, 6.07) is -0.153. The van der Waals surface area contributed by atoms with Gasteiger partial charge in [-0.15, -0.1) is 11.8 Å². The van der Waals surface area contributed by atoms with E-state index in [1.165, 1.54) is 0 Å². The second-order valence-electron chi connectivity index (χ2n) is 4.63. The molecule has 2 fully saturated rings. The van der Waals surface area contributed by atoms with Crippen LogP contribution in [0.1, 0.15) is 33.1 Å². The molecular weight excluding hydrogens is 214 g/mol. The van der Waals surface area contributed by atoms with E-state index in [1.807, 2.05) is 13.8 Å². The van der Waals surface area contributed by atoms with Gasteiger partial charge in [0, 0.05) is 11.2 Å². The van der Waals surface area contributed by atoms with E-state index in [0.29, 0.717) is 6.42 Å². The summed E-state index contributed by atoms with van der Waals surface area (Å²) in [5, 5.41) is 9.07. The molecule has 84 valence electrons. The first kappa shape index (κ1) is 10.8. The van der Waals surface area contributed by atoms with Gasteiger partial charge in [0.15, 0.2) is 0 Å². The Morgan fingerprint density at radius 2 is 2.33 bits per heavy atom. The van der Waals surface area contributed by atoms with Gasteiger partial charge in [0.2, 0.25) is 5.91 Å². The molecule has 0 bridgehead atoms. The van der Waals surface area contributed by atoms with E-state index < -0.39 is 5.97 Å². The van der Waals surface area contributed by atoms with Gasteiger partial charge < -0.3 is 10.0 Å². The highest BCUT2D eigenvalue weighted by Crippen LogP contribution is 2.49. The first-order valence-corrected chi connectivity index (χ1v) is 6.00. The quantitative estimate of drug-likeness (QED) is 0.775. The summed E-state index contributed by atoms with van der Waals surface area (Å²) >= 11 is 1.73. The highest BCUT2D eigenvalue weighted by molar-refractivity contribution is 8.01. The molecule has 0 aromatic carbocycles. The standard InChI is InChI=1S/C10H15NO3S/c1-10(2)6(5-9(13)14)11-7(12)3-4-8(11)15-10/h6,8H,3-5H2,1-2H3,(H,13,14). The second-order valence-corrected chi connectivity index (χ2v) is 6.46. The number of rotatable bonds is 2. The Balaban J connectivity index is 2.23. The number of fused-ring (bicyclic) bond motifs is 1. The number of carbonyl (C=O) groups excluding carboxylic acids is 1. The van der Waals surface area contributed by atoms with Crippen molar-refractivity contribution in [3.63, 3.8) is 0 Å². The van der Waals surface area contributed by atoms with Crippen molar-refractivity contribution in [2.24, 2.45) is 0 Å². The van der Waals surface area contributed by atoms with E-state index in [4.69, 9.17) is 5.11 Å². The van der Waals surface area contributed by atoms with Crippen LogP contribution in [-0.4, -0.2) is 38.0 Å². The largest absolute Gasteiger partial charge is 0.481 e. The molecule has 4 nitrogen and oxygen atoms in total. The van der Waals surface area contributed by atoms with Crippen LogP contribution >= 0.6 is 11.8 Å². The van der Waals surface area contributed by atoms with Crippen LogP contribution in [0.15, 0.2) is 0 Å². The molecule has 0 saturated carbocycles. The molecule has 0 spiro atoms. The third kappa shape index (κ3) is 1.73. The Bertz CT molecular complexity index is 316. The minimum absolute atomic E-state index is 0.0578. The predicted octanol–water partition coefficient (Wildman–Crippen LogP) is 1.30. The molecular formula is C10H15NO3S. The Morgan fingerprint density at radius 3 is 2.93 bits per heavy atom. The predicted molar refractivity (Wildman–Crippen MR) is 57.6 cm³/mol. The number of amides is 1. The average Bonchev–Trinajstić information content (AvgIpc) is 2.52. The topological polar surface area (TPSA) is 57.6 Å². The Kier molecular flexibility index (Phi) is 2.45. The third-order valence-electron chi connectivity index (χ3n) is 3.15. The fourth-order valence-electron chi connectivity index (χ4n) is 2.44. The maximum absolute atomic E-state index is 11.7. The number of hydrogen-bond donors (Lipinski definition) is 1. The lowest BCUT2D eigenvalue weighted by atomic mass is 9.98. The summed E-state index contributed by atoms with van der Waals surface area (Å²) in [7, 11) is 0. The van der Waals surface area contributed by atoms with E-state index in [-0.39, 0.29) is 28.5 Å². The van der Waals surface area contributed by atoms with Crippen molar-refractivity contribution in [2.75, 3.05) is 0 Å². The maximum atomic E-state index is 11.7. The SMILES string of the molecule is CC1(C)SC2CCC(=O)N2C1CC(=O)O. The van der Waals surface area contributed by atoms with Crippen LogP contribution in [0, 0.1) is 0 Å². The van der Waals surface area contributed by atoms with Crippen molar-refractivity contribution < 1.29 is 14.7 Å². The smallest absolute Gasteiger partial charge is 0.305 e. The number of carboxylic acids is 1. The molecule has 0 aromatic heterocycles. The molecule has 2 saturated heterocycles. The van der Waals surface area contributed by atoms with Crippen LogP contribution in [0.2, 0.25) is 0 Å². The summed E-state index contributed by atoms with van der Waals surface area (Å²) in [5.41, 5.74) is 0.